The van der Waals surface area contributed by atoms with Gasteiger partial charge in [0.25, 0.3) is 0 Å². The molecule has 1 atom stereocenters. The van der Waals surface area contributed by atoms with E-state index in [0.717, 1.165) is 12.8 Å². The molecular weight excluding hydrogens is 288 g/mol. The number of hydrogen-bond donors (Lipinski definition) is 1. The van der Waals surface area contributed by atoms with Gasteiger partial charge in [-0.1, -0.05) is 70.6 Å². The molecular formula is C20H35O3-. The third-order valence-electron chi connectivity index (χ3n) is 4.03. The Morgan fingerprint density at radius 2 is 1.48 bits per heavy atom. The molecule has 0 aromatic heterocycles. The number of rotatable bonds is 15. The van der Waals surface area contributed by atoms with Crippen LogP contribution in [0.25, 0.3) is 0 Å². The van der Waals surface area contributed by atoms with Crippen LogP contribution in [0.3, 0.4) is 0 Å². The van der Waals surface area contributed by atoms with E-state index in [1.807, 2.05) is 0 Å². The number of carbonyl (C=O) groups excluding carboxylic acids is 1. The molecule has 0 aliphatic heterocycles. The highest BCUT2D eigenvalue weighted by molar-refractivity contribution is 5.64. The van der Waals surface area contributed by atoms with Gasteiger partial charge in [0.05, 0.1) is 0 Å². The minimum atomic E-state index is -1.02. The third-order valence-corrected chi connectivity index (χ3v) is 4.03. The predicted octanol–water partition coefficient (Wildman–Crippen LogP) is 3.97. The second-order valence-electron chi connectivity index (χ2n) is 6.39. The summed E-state index contributed by atoms with van der Waals surface area (Å²) < 4.78 is 0. The van der Waals surface area contributed by atoms with E-state index in [4.69, 9.17) is 0 Å². The molecule has 0 saturated carbocycles. The predicted molar refractivity (Wildman–Crippen MR) is 93.7 cm³/mol. The number of carboxylic acids is 1. The van der Waals surface area contributed by atoms with Crippen molar-refractivity contribution in [2.24, 2.45) is 0 Å². The molecule has 0 saturated heterocycles. The monoisotopic (exact) mass is 323 g/mol. The molecule has 3 nitrogen and oxygen atoms in total. The maximum atomic E-state index is 10.2. The van der Waals surface area contributed by atoms with Crippen molar-refractivity contribution >= 4 is 5.97 Å². The lowest BCUT2D eigenvalue weighted by Gasteiger charge is -2.04. The fourth-order valence-corrected chi connectivity index (χ4v) is 2.57. The minimum absolute atomic E-state index is 0.0682. The zero-order chi connectivity index (χ0) is 17.2. The first kappa shape index (κ1) is 22.0. The van der Waals surface area contributed by atoms with Gasteiger partial charge in [-0.2, -0.15) is 0 Å². The number of hydrogen-bond acceptors (Lipinski definition) is 3. The van der Waals surface area contributed by atoms with E-state index in [1.165, 1.54) is 57.8 Å². The number of carbonyl (C=O) groups is 1. The van der Waals surface area contributed by atoms with E-state index in [9.17, 15) is 15.0 Å². The van der Waals surface area contributed by atoms with Crippen LogP contribution >= 0.6 is 0 Å². The molecule has 0 fully saturated rings. The van der Waals surface area contributed by atoms with Gasteiger partial charge in [0.15, 0.2) is 0 Å². The Balaban J connectivity index is 3.29. The first-order chi connectivity index (χ1) is 11.2. The van der Waals surface area contributed by atoms with Crippen LogP contribution < -0.4 is 5.11 Å². The highest BCUT2D eigenvalue weighted by Gasteiger charge is 1.98. The minimum Gasteiger partial charge on any atom is -0.550 e. The van der Waals surface area contributed by atoms with E-state index < -0.39 is 12.1 Å². The lowest BCUT2D eigenvalue weighted by atomic mass is 10.1. The summed E-state index contributed by atoms with van der Waals surface area (Å²) >= 11 is 0. The van der Waals surface area contributed by atoms with E-state index in [-0.39, 0.29) is 6.42 Å². The van der Waals surface area contributed by atoms with Gasteiger partial charge in [-0.3, -0.25) is 0 Å². The maximum Gasteiger partial charge on any atom is 0.114 e. The molecule has 3 heteroatoms. The number of carboxylic acid groups (broad SMARTS) is 1. The molecule has 0 aliphatic carbocycles. The van der Waals surface area contributed by atoms with Crippen LogP contribution in [-0.4, -0.2) is 17.2 Å². The van der Waals surface area contributed by atoms with E-state index in [2.05, 4.69) is 18.8 Å². The third kappa shape index (κ3) is 18.9. The van der Waals surface area contributed by atoms with Crippen LogP contribution in [0.4, 0.5) is 0 Å². The summed E-state index contributed by atoms with van der Waals surface area (Å²) in [4.78, 5) is 10.2. The topological polar surface area (TPSA) is 60.4 Å². The molecule has 134 valence electrons. The summed E-state index contributed by atoms with van der Waals surface area (Å²) in [7, 11) is 0. The number of aliphatic hydroxyl groups is 1. The molecule has 0 spiro atoms. The van der Waals surface area contributed by atoms with Crippen LogP contribution in [0.15, 0.2) is 0 Å². The van der Waals surface area contributed by atoms with Crippen molar-refractivity contribution in [3.05, 3.63) is 0 Å². The molecule has 0 amide bonds. The Kier molecular flexibility index (Phi) is 16.6. The maximum absolute atomic E-state index is 10.2. The summed E-state index contributed by atoms with van der Waals surface area (Å²) in [5.41, 5.74) is 0. The van der Waals surface area contributed by atoms with Gasteiger partial charge >= 0.3 is 0 Å². The van der Waals surface area contributed by atoms with Crippen LogP contribution in [0, 0.1) is 11.8 Å². The van der Waals surface area contributed by atoms with Gasteiger partial charge in [-0.05, 0) is 32.1 Å². The van der Waals surface area contributed by atoms with Crippen molar-refractivity contribution < 1.29 is 15.0 Å². The summed E-state index contributed by atoms with van der Waals surface area (Å²) in [5.74, 6) is 4.85. The SMILES string of the molecule is CCCCCCCCCCCCC#CC(O)CCCCC(=O)[O-]. The Bertz CT molecular complexity index is 328. The normalized spacial score (nSPS) is 11.7. The molecule has 0 aromatic carbocycles. The molecule has 23 heavy (non-hydrogen) atoms. The number of unbranched alkanes of at least 4 members (excludes halogenated alkanes) is 11. The second kappa shape index (κ2) is 17.3. The van der Waals surface area contributed by atoms with Gasteiger partial charge in [0.1, 0.15) is 6.10 Å². The van der Waals surface area contributed by atoms with Crippen molar-refractivity contribution in [3.8, 4) is 11.8 Å². The lowest BCUT2D eigenvalue weighted by Crippen LogP contribution is -2.21. The zero-order valence-corrected chi connectivity index (χ0v) is 14.9. The molecule has 1 unspecified atom stereocenters. The second-order valence-corrected chi connectivity index (χ2v) is 6.39. The van der Waals surface area contributed by atoms with Gasteiger partial charge in [-0.15, -0.1) is 5.92 Å². The van der Waals surface area contributed by atoms with E-state index >= 15 is 0 Å². The standard InChI is InChI=1S/C20H36O3/c1-2-3-4-5-6-7-8-9-10-11-12-13-16-19(21)17-14-15-18-20(22)23/h19,21H,2-12,14-15,17-18H2,1H3,(H,22,23)/p-1. The largest absolute Gasteiger partial charge is 0.550 e. The van der Waals surface area contributed by atoms with Crippen LogP contribution in [0.5, 0.6) is 0 Å². The Hall–Kier alpha value is -1.01. The van der Waals surface area contributed by atoms with Crippen LogP contribution in [0.2, 0.25) is 0 Å². The average Bonchev–Trinajstić information content (AvgIpc) is 2.52. The molecule has 0 aromatic rings. The van der Waals surface area contributed by atoms with Crippen molar-refractivity contribution in [1.82, 2.24) is 0 Å². The van der Waals surface area contributed by atoms with Crippen molar-refractivity contribution in [2.45, 2.75) is 109 Å². The summed E-state index contributed by atoms with van der Waals surface area (Å²) in [5, 5.41) is 19.9. The van der Waals surface area contributed by atoms with Crippen LogP contribution in [0.1, 0.15) is 103 Å². The van der Waals surface area contributed by atoms with Gasteiger partial charge in [-0.25, -0.2) is 0 Å². The highest BCUT2D eigenvalue weighted by Crippen LogP contribution is 2.11. The van der Waals surface area contributed by atoms with Crippen molar-refractivity contribution in [3.63, 3.8) is 0 Å². The zero-order valence-electron chi connectivity index (χ0n) is 14.9. The molecule has 0 rings (SSSR count). The van der Waals surface area contributed by atoms with Crippen molar-refractivity contribution in [2.75, 3.05) is 0 Å². The molecule has 0 heterocycles. The summed E-state index contributed by atoms with van der Waals surface area (Å²) in [6.45, 7) is 2.25. The van der Waals surface area contributed by atoms with E-state index in [1.54, 1.807) is 0 Å². The summed E-state index contributed by atoms with van der Waals surface area (Å²) in [6.07, 6.45) is 15.3. The number of aliphatic carboxylic acids is 1. The fraction of sp³-hybridized carbons (Fsp3) is 0.850. The summed E-state index contributed by atoms with van der Waals surface area (Å²) in [6, 6.07) is 0. The van der Waals surface area contributed by atoms with Crippen LogP contribution in [-0.2, 0) is 4.79 Å². The van der Waals surface area contributed by atoms with Gasteiger partial charge in [0, 0.05) is 12.4 Å². The van der Waals surface area contributed by atoms with Gasteiger partial charge in [0.2, 0.25) is 0 Å². The van der Waals surface area contributed by atoms with Gasteiger partial charge < -0.3 is 15.0 Å². The molecule has 0 aliphatic rings. The highest BCUT2D eigenvalue weighted by atomic mass is 16.4. The molecule has 0 radical (unpaired) electrons. The molecule has 0 bridgehead atoms. The number of aliphatic hydroxyl groups excluding tert-OH is 1. The Morgan fingerprint density at radius 1 is 0.913 bits per heavy atom. The smallest absolute Gasteiger partial charge is 0.114 e. The first-order valence-corrected chi connectivity index (χ1v) is 9.53. The lowest BCUT2D eigenvalue weighted by molar-refractivity contribution is -0.305. The first-order valence-electron chi connectivity index (χ1n) is 9.53. The average molecular weight is 323 g/mol. The quantitative estimate of drug-likeness (QED) is 0.366. The van der Waals surface area contributed by atoms with Crippen molar-refractivity contribution in [1.29, 1.82) is 0 Å². The Labute approximate surface area is 142 Å². The molecule has 1 N–H and O–H groups in total. The Morgan fingerprint density at radius 3 is 2.04 bits per heavy atom. The fourth-order valence-electron chi connectivity index (χ4n) is 2.57. The van der Waals surface area contributed by atoms with E-state index in [0.29, 0.717) is 19.3 Å².